The molecular formula is C45H53N5O8S. The number of nitrogens with zero attached hydrogens (tertiary/aromatic N) is 4. The van der Waals surface area contributed by atoms with E-state index in [1.165, 1.54) is 11.8 Å². The van der Waals surface area contributed by atoms with Gasteiger partial charge in [0.25, 0.3) is 0 Å². The van der Waals surface area contributed by atoms with Crippen molar-refractivity contribution in [1.29, 1.82) is 0 Å². The molecule has 14 heteroatoms. The molecule has 2 heterocycles. The lowest BCUT2D eigenvalue weighted by molar-refractivity contribution is 0.126. The first kappa shape index (κ1) is 42.8. The van der Waals surface area contributed by atoms with E-state index in [-0.39, 0.29) is 18.4 Å². The molecule has 59 heavy (non-hydrogen) atoms. The van der Waals surface area contributed by atoms with Gasteiger partial charge in [0.05, 0.1) is 70.2 Å². The van der Waals surface area contributed by atoms with Crippen molar-refractivity contribution < 1.29 is 38.3 Å². The predicted octanol–water partition coefficient (Wildman–Crippen LogP) is 8.46. The van der Waals surface area contributed by atoms with Crippen LogP contribution in [0.25, 0.3) is 11.0 Å². The number of methoxy groups -OCH3 is 6. The van der Waals surface area contributed by atoms with Crippen LogP contribution < -0.4 is 39.1 Å². The third-order valence-corrected chi connectivity index (χ3v) is 11.3. The maximum Gasteiger partial charge on any atom is 0.157 e. The molecule has 312 valence electrons. The summed E-state index contributed by atoms with van der Waals surface area (Å²) >= 11 is 1.42. The van der Waals surface area contributed by atoms with Crippen molar-refractivity contribution >= 4 is 28.6 Å². The highest BCUT2D eigenvalue weighted by Gasteiger charge is 2.27. The van der Waals surface area contributed by atoms with E-state index >= 15 is 0 Å². The molecule has 0 aliphatic carbocycles. The van der Waals surface area contributed by atoms with Gasteiger partial charge in [-0.1, -0.05) is 17.8 Å². The van der Waals surface area contributed by atoms with Gasteiger partial charge in [-0.05, 0) is 74.9 Å². The number of aromatic nitrogens is 3. The number of imidazole rings is 1. The van der Waals surface area contributed by atoms with Crippen molar-refractivity contribution in [3.63, 3.8) is 0 Å². The number of benzene rings is 4. The molecule has 0 aliphatic heterocycles. The van der Waals surface area contributed by atoms with Crippen LogP contribution in [0.3, 0.4) is 0 Å². The second kappa shape index (κ2) is 19.3. The minimum Gasteiger partial charge on any atom is -0.507 e. The number of ether oxygens (including phenoxy) is 7. The molecule has 2 aromatic heterocycles. The summed E-state index contributed by atoms with van der Waals surface area (Å²) in [6.45, 7) is 7.70. The van der Waals surface area contributed by atoms with Gasteiger partial charge >= 0.3 is 0 Å². The Balaban J connectivity index is 1.64. The molecule has 6 rings (SSSR count). The number of pyridine rings is 1. The molecule has 0 amide bonds. The molecule has 6 aromatic rings. The fourth-order valence-electron chi connectivity index (χ4n) is 6.88. The fraction of sp³-hybridized carbons (Fsp3) is 0.333. The molecule has 3 N–H and O–H groups in total. The molecule has 0 spiro atoms. The second-order valence-corrected chi connectivity index (χ2v) is 14.9. The minimum atomic E-state index is -0.240. The normalized spacial score (nSPS) is 11.7. The Bertz CT molecular complexity index is 2340. The van der Waals surface area contributed by atoms with Gasteiger partial charge in [0.15, 0.2) is 5.82 Å². The zero-order chi connectivity index (χ0) is 42.2. The van der Waals surface area contributed by atoms with E-state index in [9.17, 15) is 5.11 Å². The highest BCUT2D eigenvalue weighted by atomic mass is 32.2. The zero-order valence-corrected chi connectivity index (χ0v) is 35.9. The number of rotatable bonds is 19. The summed E-state index contributed by atoms with van der Waals surface area (Å²) in [5.41, 5.74) is 11.9. The molecule has 0 saturated carbocycles. The van der Waals surface area contributed by atoms with Crippen LogP contribution in [-0.4, -0.2) is 68.9 Å². The standard InChI is InChI=1S/C45H53N5O8S/c1-10-58-26-41-48-42-43(50(41)25-32-13-17-35(54-6)22-39(32)57-9)44(59-40-18-14-29(27(2)46)19-36(40)51)28(3)47-45(42)49(23-30-11-15-33(52-4)20-37(30)55-7)24-31-12-16-34(53-5)21-38(31)56-8/h11-22,27,51H,10,23-26,46H2,1-9H3. The molecule has 13 nitrogen and oxygen atoms in total. The maximum absolute atomic E-state index is 11.3. The summed E-state index contributed by atoms with van der Waals surface area (Å²) < 4.78 is 42.5. The van der Waals surface area contributed by atoms with Gasteiger partial charge in [-0.25, -0.2) is 9.97 Å². The molecular weight excluding hydrogens is 771 g/mol. The minimum absolute atomic E-state index is 0.124. The van der Waals surface area contributed by atoms with Crippen LogP contribution in [-0.2, 0) is 31.0 Å². The van der Waals surface area contributed by atoms with Crippen molar-refractivity contribution in [2.45, 2.75) is 62.8 Å². The summed E-state index contributed by atoms with van der Waals surface area (Å²) in [6.07, 6.45) is 0. The number of hydrogen-bond acceptors (Lipinski definition) is 13. The molecule has 0 radical (unpaired) electrons. The summed E-state index contributed by atoms with van der Waals surface area (Å²) in [5.74, 6) is 5.47. The number of nitrogens with two attached hydrogens (primary N) is 1. The molecule has 1 atom stereocenters. The number of anilines is 1. The van der Waals surface area contributed by atoms with E-state index in [0.29, 0.717) is 82.8 Å². The number of phenols is 1. The lowest BCUT2D eigenvalue weighted by Crippen LogP contribution is -2.25. The Kier molecular flexibility index (Phi) is 14.0. The first-order valence-electron chi connectivity index (χ1n) is 19.2. The fourth-order valence-corrected chi connectivity index (χ4v) is 7.90. The van der Waals surface area contributed by atoms with Crippen LogP contribution in [0.15, 0.2) is 82.6 Å². The predicted molar refractivity (Wildman–Crippen MR) is 230 cm³/mol. The van der Waals surface area contributed by atoms with Crippen LogP contribution in [0.4, 0.5) is 5.82 Å². The summed E-state index contributed by atoms with van der Waals surface area (Å²) in [5, 5.41) is 11.3. The van der Waals surface area contributed by atoms with E-state index in [1.54, 1.807) is 48.7 Å². The van der Waals surface area contributed by atoms with E-state index < -0.39 is 0 Å². The highest BCUT2D eigenvalue weighted by Crippen LogP contribution is 2.44. The van der Waals surface area contributed by atoms with Gasteiger partial charge < -0.3 is 53.5 Å². The first-order chi connectivity index (χ1) is 28.5. The lowest BCUT2D eigenvalue weighted by atomic mass is 10.1. The average molecular weight is 824 g/mol. The maximum atomic E-state index is 11.3. The number of aromatic hydroxyl groups is 1. The molecule has 0 saturated heterocycles. The number of fused-ring (bicyclic) bond motifs is 1. The van der Waals surface area contributed by atoms with Crippen LogP contribution in [0.2, 0.25) is 0 Å². The Morgan fingerprint density at radius 2 is 1.27 bits per heavy atom. The van der Waals surface area contributed by atoms with Gasteiger partial charge in [0.2, 0.25) is 0 Å². The summed E-state index contributed by atoms with van der Waals surface area (Å²) in [7, 11) is 9.82. The van der Waals surface area contributed by atoms with Crippen LogP contribution in [0, 0.1) is 6.92 Å². The van der Waals surface area contributed by atoms with Gasteiger partial charge in [0.1, 0.15) is 58.2 Å². The van der Waals surface area contributed by atoms with Crippen molar-refractivity contribution in [1.82, 2.24) is 14.5 Å². The molecule has 1 unspecified atom stereocenters. The lowest BCUT2D eigenvalue weighted by Gasteiger charge is -2.27. The molecule has 4 aromatic carbocycles. The second-order valence-electron chi connectivity index (χ2n) is 13.8. The Labute approximate surface area is 349 Å². The third-order valence-electron chi connectivity index (χ3n) is 10.1. The third kappa shape index (κ3) is 9.40. The SMILES string of the molecule is CCOCc1nc2c(N(Cc3ccc(OC)cc3OC)Cc3ccc(OC)cc3OC)nc(C)c(Sc3ccc(C(C)N)cc3O)c2n1Cc1ccc(OC)cc1OC. The van der Waals surface area contributed by atoms with Crippen molar-refractivity contribution in [2.75, 3.05) is 54.2 Å². The van der Waals surface area contributed by atoms with Gasteiger partial charge in [-0.3, -0.25) is 0 Å². The summed E-state index contributed by atoms with van der Waals surface area (Å²) in [6, 6.07) is 22.6. The van der Waals surface area contributed by atoms with Gasteiger partial charge in [-0.2, -0.15) is 0 Å². The number of phenolic OH excluding ortho intramolecular Hbond substituents is 1. The topological polar surface area (TPSA) is 145 Å². The number of aryl methyl sites for hydroxylation is 1. The van der Waals surface area contributed by atoms with E-state index in [2.05, 4.69) is 9.47 Å². The van der Waals surface area contributed by atoms with E-state index in [0.717, 1.165) is 38.4 Å². The quantitative estimate of drug-likeness (QED) is 0.0807. The largest absolute Gasteiger partial charge is 0.507 e. The van der Waals surface area contributed by atoms with Crippen LogP contribution >= 0.6 is 11.8 Å². The van der Waals surface area contributed by atoms with Crippen molar-refractivity contribution in [3.8, 4) is 40.2 Å². The monoisotopic (exact) mass is 823 g/mol. The van der Waals surface area contributed by atoms with Crippen molar-refractivity contribution in [3.05, 3.63) is 107 Å². The smallest absolute Gasteiger partial charge is 0.157 e. The van der Waals surface area contributed by atoms with Gasteiger partial charge in [0, 0.05) is 60.6 Å². The van der Waals surface area contributed by atoms with E-state index in [4.69, 9.17) is 48.9 Å². The molecule has 0 bridgehead atoms. The van der Waals surface area contributed by atoms with E-state index in [1.807, 2.05) is 87.5 Å². The highest BCUT2D eigenvalue weighted by molar-refractivity contribution is 7.99. The van der Waals surface area contributed by atoms with Crippen LogP contribution in [0.5, 0.6) is 40.2 Å². The van der Waals surface area contributed by atoms with Crippen molar-refractivity contribution in [2.24, 2.45) is 5.73 Å². The molecule has 0 aliphatic rings. The Morgan fingerprint density at radius 1 is 0.729 bits per heavy atom. The zero-order valence-electron chi connectivity index (χ0n) is 35.1. The first-order valence-corrected chi connectivity index (χ1v) is 20.0. The average Bonchev–Trinajstić information content (AvgIpc) is 3.61. The van der Waals surface area contributed by atoms with Gasteiger partial charge in [-0.15, -0.1) is 0 Å². The summed E-state index contributed by atoms with van der Waals surface area (Å²) in [4.78, 5) is 14.4. The van der Waals surface area contributed by atoms with Crippen LogP contribution in [0.1, 0.15) is 53.7 Å². The Hall–Kier alpha value is -5.83. The molecule has 0 fully saturated rings. The number of hydrogen-bond donors (Lipinski definition) is 2. The Morgan fingerprint density at radius 3 is 1.76 bits per heavy atom.